The molecule has 2 atom stereocenters. The van der Waals surface area contributed by atoms with E-state index in [0.717, 1.165) is 17.5 Å². The molecule has 2 unspecified atom stereocenters. The van der Waals surface area contributed by atoms with Gasteiger partial charge in [0, 0.05) is 5.69 Å². The van der Waals surface area contributed by atoms with E-state index in [2.05, 4.69) is 52.2 Å². The standard InChI is InChI=1S/C22H37NS/c1-6-8-10-20(9-7-2)17(3)13-14-24-16-19(5)22-12-11-21(23)15-18(22)4/h11-12,15-17,20H,6-10,13-14,23H2,1-5H3/b19-16+. The zero-order valence-electron chi connectivity index (χ0n) is 16.4. The summed E-state index contributed by atoms with van der Waals surface area (Å²) in [4.78, 5) is 0. The molecule has 0 radical (unpaired) electrons. The molecular formula is C22H37NS. The van der Waals surface area contributed by atoms with Crippen LogP contribution in [0.1, 0.15) is 77.3 Å². The molecule has 0 saturated heterocycles. The van der Waals surface area contributed by atoms with Gasteiger partial charge in [0.25, 0.3) is 0 Å². The summed E-state index contributed by atoms with van der Waals surface area (Å²) in [7, 11) is 0. The summed E-state index contributed by atoms with van der Waals surface area (Å²) in [5.41, 5.74) is 10.6. The van der Waals surface area contributed by atoms with E-state index in [9.17, 15) is 0 Å². The minimum Gasteiger partial charge on any atom is -0.399 e. The van der Waals surface area contributed by atoms with Crippen LogP contribution in [0, 0.1) is 18.8 Å². The summed E-state index contributed by atoms with van der Waals surface area (Å²) in [5.74, 6) is 2.98. The van der Waals surface area contributed by atoms with Gasteiger partial charge in [-0.3, -0.25) is 0 Å². The third-order valence-corrected chi connectivity index (χ3v) is 6.01. The Labute approximate surface area is 154 Å². The number of hydrogen-bond acceptors (Lipinski definition) is 2. The van der Waals surface area contributed by atoms with Crippen LogP contribution in [0.25, 0.3) is 5.57 Å². The molecule has 1 rings (SSSR count). The maximum atomic E-state index is 5.85. The van der Waals surface area contributed by atoms with Gasteiger partial charge in [-0.05, 0) is 72.1 Å². The Balaban J connectivity index is 2.47. The summed E-state index contributed by atoms with van der Waals surface area (Å²) in [5, 5.41) is 2.33. The number of aryl methyl sites for hydroxylation is 1. The van der Waals surface area contributed by atoms with Gasteiger partial charge in [0.2, 0.25) is 0 Å². The largest absolute Gasteiger partial charge is 0.399 e. The smallest absolute Gasteiger partial charge is 0.0317 e. The van der Waals surface area contributed by atoms with E-state index < -0.39 is 0 Å². The lowest BCUT2D eigenvalue weighted by molar-refractivity contribution is 0.299. The SMILES string of the molecule is CCCCC(CCC)C(C)CCS/C=C(\C)c1ccc(N)cc1C. The highest BCUT2D eigenvalue weighted by atomic mass is 32.2. The second-order valence-electron chi connectivity index (χ2n) is 7.20. The normalized spacial score (nSPS) is 14.6. The number of benzene rings is 1. The molecule has 0 aliphatic rings. The van der Waals surface area contributed by atoms with Crippen molar-refractivity contribution in [2.45, 2.75) is 73.1 Å². The molecule has 0 heterocycles. The van der Waals surface area contributed by atoms with Crippen LogP contribution in [0.5, 0.6) is 0 Å². The number of anilines is 1. The van der Waals surface area contributed by atoms with Crippen LogP contribution in [0.4, 0.5) is 5.69 Å². The number of unbranched alkanes of at least 4 members (excludes halogenated alkanes) is 1. The van der Waals surface area contributed by atoms with Crippen LogP contribution >= 0.6 is 11.8 Å². The fraction of sp³-hybridized carbons (Fsp3) is 0.636. The predicted molar refractivity (Wildman–Crippen MR) is 113 cm³/mol. The number of allylic oxidation sites excluding steroid dienone is 1. The molecule has 2 heteroatoms. The van der Waals surface area contributed by atoms with Gasteiger partial charge in [-0.1, -0.05) is 58.9 Å². The molecular weight excluding hydrogens is 310 g/mol. The molecule has 136 valence electrons. The summed E-state index contributed by atoms with van der Waals surface area (Å²) in [6.45, 7) is 11.4. The molecule has 1 nitrogen and oxygen atoms in total. The molecule has 1 aromatic rings. The van der Waals surface area contributed by atoms with Crippen molar-refractivity contribution < 1.29 is 0 Å². The van der Waals surface area contributed by atoms with Crippen molar-refractivity contribution in [3.05, 3.63) is 34.7 Å². The first kappa shape index (κ1) is 21.2. The van der Waals surface area contributed by atoms with E-state index in [4.69, 9.17) is 5.73 Å². The molecule has 0 amide bonds. The van der Waals surface area contributed by atoms with Gasteiger partial charge in [-0.2, -0.15) is 0 Å². The zero-order chi connectivity index (χ0) is 17.9. The Kier molecular flexibility index (Phi) is 10.2. The molecule has 2 N–H and O–H groups in total. The van der Waals surface area contributed by atoms with Crippen LogP contribution < -0.4 is 5.73 Å². The average Bonchev–Trinajstić information content (AvgIpc) is 2.55. The molecule has 1 aromatic carbocycles. The molecule has 24 heavy (non-hydrogen) atoms. The van der Waals surface area contributed by atoms with Crippen LogP contribution in [0.15, 0.2) is 23.6 Å². The van der Waals surface area contributed by atoms with E-state index >= 15 is 0 Å². The summed E-state index contributed by atoms with van der Waals surface area (Å²) >= 11 is 1.96. The van der Waals surface area contributed by atoms with Crippen molar-refractivity contribution in [2.24, 2.45) is 11.8 Å². The number of nitrogens with two attached hydrogens (primary N) is 1. The van der Waals surface area contributed by atoms with Gasteiger partial charge >= 0.3 is 0 Å². The molecule has 0 bridgehead atoms. The third kappa shape index (κ3) is 7.34. The molecule has 0 aliphatic heterocycles. The molecule has 0 saturated carbocycles. The first-order valence-electron chi connectivity index (χ1n) is 9.64. The lowest BCUT2D eigenvalue weighted by Crippen LogP contribution is -2.12. The minimum atomic E-state index is 0.843. The van der Waals surface area contributed by atoms with Crippen LogP contribution in [-0.2, 0) is 0 Å². The van der Waals surface area contributed by atoms with Gasteiger partial charge < -0.3 is 5.73 Å². The summed E-state index contributed by atoms with van der Waals surface area (Å²) < 4.78 is 0. The van der Waals surface area contributed by atoms with Gasteiger partial charge in [-0.15, -0.1) is 11.8 Å². The van der Waals surface area contributed by atoms with E-state index in [1.54, 1.807) is 0 Å². The lowest BCUT2D eigenvalue weighted by atomic mass is 9.84. The number of thioether (sulfide) groups is 1. The number of nitrogen functional groups attached to an aromatic ring is 1. The maximum Gasteiger partial charge on any atom is 0.0317 e. The van der Waals surface area contributed by atoms with Crippen molar-refractivity contribution in [3.63, 3.8) is 0 Å². The zero-order valence-corrected chi connectivity index (χ0v) is 17.2. The quantitative estimate of drug-likeness (QED) is 0.335. The fourth-order valence-corrected chi connectivity index (χ4v) is 4.42. The van der Waals surface area contributed by atoms with Gasteiger partial charge in [0.1, 0.15) is 0 Å². The second-order valence-corrected chi connectivity index (χ2v) is 8.18. The summed E-state index contributed by atoms with van der Waals surface area (Å²) in [6, 6.07) is 6.19. The molecule has 0 spiro atoms. The number of rotatable bonds is 11. The Morgan fingerprint density at radius 2 is 1.92 bits per heavy atom. The van der Waals surface area contributed by atoms with Gasteiger partial charge in [-0.25, -0.2) is 0 Å². The summed E-state index contributed by atoms with van der Waals surface area (Å²) in [6.07, 6.45) is 8.16. The van der Waals surface area contributed by atoms with E-state index in [1.165, 1.54) is 61.0 Å². The van der Waals surface area contributed by atoms with Crippen molar-refractivity contribution >= 4 is 23.0 Å². The van der Waals surface area contributed by atoms with Crippen molar-refractivity contribution in [2.75, 3.05) is 11.5 Å². The Hall–Kier alpha value is -0.890. The van der Waals surface area contributed by atoms with Crippen molar-refractivity contribution in [1.82, 2.24) is 0 Å². The van der Waals surface area contributed by atoms with Crippen molar-refractivity contribution in [3.8, 4) is 0 Å². The van der Waals surface area contributed by atoms with Crippen LogP contribution in [0.3, 0.4) is 0 Å². The average molecular weight is 348 g/mol. The first-order chi connectivity index (χ1) is 11.5. The van der Waals surface area contributed by atoms with Gasteiger partial charge in [0.15, 0.2) is 0 Å². The highest BCUT2D eigenvalue weighted by Gasteiger charge is 2.15. The minimum absolute atomic E-state index is 0.843. The van der Waals surface area contributed by atoms with E-state index in [0.29, 0.717) is 0 Å². The molecule has 0 fully saturated rings. The Morgan fingerprint density at radius 3 is 2.54 bits per heavy atom. The maximum absolute atomic E-state index is 5.85. The monoisotopic (exact) mass is 347 g/mol. The predicted octanol–water partition coefficient (Wildman–Crippen LogP) is 7.30. The second kappa shape index (κ2) is 11.6. The van der Waals surface area contributed by atoms with Crippen LogP contribution in [-0.4, -0.2) is 5.75 Å². The highest BCUT2D eigenvalue weighted by molar-refractivity contribution is 8.02. The number of hydrogen-bond donors (Lipinski definition) is 1. The van der Waals surface area contributed by atoms with Crippen molar-refractivity contribution in [1.29, 1.82) is 0 Å². The Morgan fingerprint density at radius 1 is 1.17 bits per heavy atom. The van der Waals surface area contributed by atoms with E-state index in [-0.39, 0.29) is 0 Å². The first-order valence-corrected chi connectivity index (χ1v) is 10.7. The topological polar surface area (TPSA) is 26.0 Å². The van der Waals surface area contributed by atoms with E-state index in [1.807, 2.05) is 17.8 Å². The van der Waals surface area contributed by atoms with Gasteiger partial charge in [0.05, 0.1) is 0 Å². The molecule has 0 aliphatic carbocycles. The fourth-order valence-electron chi connectivity index (χ4n) is 3.42. The Bertz CT molecular complexity index is 507. The highest BCUT2D eigenvalue weighted by Crippen LogP contribution is 2.28. The lowest BCUT2D eigenvalue weighted by Gasteiger charge is -2.23. The van der Waals surface area contributed by atoms with Crippen LogP contribution in [0.2, 0.25) is 0 Å². The molecule has 0 aromatic heterocycles. The third-order valence-electron chi connectivity index (χ3n) is 5.02.